The van der Waals surface area contributed by atoms with Crippen LogP contribution < -0.4 is 10.8 Å². The van der Waals surface area contributed by atoms with Crippen molar-refractivity contribution in [3.05, 3.63) is 23.8 Å². The number of rotatable bonds is 1. The van der Waals surface area contributed by atoms with Gasteiger partial charge in [-0.05, 0) is 18.6 Å². The van der Waals surface area contributed by atoms with Gasteiger partial charge in [0.25, 0.3) is 0 Å². The van der Waals surface area contributed by atoms with Crippen LogP contribution in [0.25, 0.3) is 0 Å². The number of benzene rings is 1. The van der Waals surface area contributed by atoms with Gasteiger partial charge in [0.05, 0.1) is 23.5 Å². The predicted molar refractivity (Wildman–Crippen MR) is 53.5 cm³/mol. The first-order valence-corrected chi connectivity index (χ1v) is 4.52. The molecule has 0 unspecified atom stereocenters. The molecule has 0 radical (unpaired) electrons. The maximum atomic E-state index is 8.80. The van der Waals surface area contributed by atoms with Gasteiger partial charge in [-0.15, -0.1) is 0 Å². The van der Waals surface area contributed by atoms with Crippen LogP contribution in [0.5, 0.6) is 0 Å². The van der Waals surface area contributed by atoms with E-state index in [4.69, 9.17) is 15.8 Å². The molecule has 0 amide bonds. The van der Waals surface area contributed by atoms with E-state index in [-0.39, 0.29) is 0 Å². The van der Waals surface area contributed by atoms with E-state index in [0.29, 0.717) is 11.3 Å². The Morgan fingerprint density at radius 3 is 3.00 bits per heavy atom. The average molecular weight is 189 g/mol. The zero-order chi connectivity index (χ0) is 9.97. The number of anilines is 2. The molecule has 0 saturated carbocycles. The smallest absolute Gasteiger partial charge is 0.101 e. The van der Waals surface area contributed by atoms with E-state index in [1.165, 1.54) is 0 Å². The highest BCUT2D eigenvalue weighted by molar-refractivity contribution is 5.73. The lowest BCUT2D eigenvalue weighted by atomic mass is 10.1. The van der Waals surface area contributed by atoms with Crippen molar-refractivity contribution in [2.24, 2.45) is 0 Å². The number of nitrogens with two attached hydrogens (primary N) is 1. The van der Waals surface area contributed by atoms with Crippen molar-refractivity contribution in [2.75, 3.05) is 23.9 Å². The second-order valence-corrected chi connectivity index (χ2v) is 3.14. The van der Waals surface area contributed by atoms with E-state index >= 15 is 0 Å². The van der Waals surface area contributed by atoms with Gasteiger partial charge in [0.2, 0.25) is 0 Å². The van der Waals surface area contributed by atoms with Crippen molar-refractivity contribution in [3.63, 3.8) is 0 Å². The zero-order valence-electron chi connectivity index (χ0n) is 7.73. The third-order valence-corrected chi connectivity index (χ3v) is 2.22. The normalized spacial score (nSPS) is 15.5. The summed E-state index contributed by atoms with van der Waals surface area (Å²) in [5, 5.41) is 10.5. The van der Waals surface area contributed by atoms with Crippen LogP contribution in [0.2, 0.25) is 0 Å². The van der Waals surface area contributed by atoms with Crippen LogP contribution in [0.3, 0.4) is 0 Å². The molecule has 72 valence electrons. The summed E-state index contributed by atoms with van der Waals surface area (Å²) in [7, 11) is 0. The minimum Gasteiger partial charge on any atom is -0.396 e. The monoisotopic (exact) mass is 189 g/mol. The molecule has 1 aliphatic rings. The standard InChI is InChI=1S/C10H11N3O/c11-7-8-3-1-4-9(10(8)12)13-5-2-6-14-13/h1,3-4H,2,5-6,12H2. The number of hydroxylamine groups is 1. The van der Waals surface area contributed by atoms with Crippen LogP contribution in [0.1, 0.15) is 12.0 Å². The van der Waals surface area contributed by atoms with E-state index in [9.17, 15) is 0 Å². The van der Waals surface area contributed by atoms with Crippen molar-refractivity contribution in [1.29, 1.82) is 5.26 Å². The fraction of sp³-hybridized carbons (Fsp3) is 0.300. The predicted octanol–water partition coefficient (Wildman–Crippen LogP) is 1.28. The van der Waals surface area contributed by atoms with Gasteiger partial charge in [-0.2, -0.15) is 5.26 Å². The molecule has 0 aliphatic carbocycles. The summed E-state index contributed by atoms with van der Waals surface area (Å²) in [5.41, 5.74) is 7.62. The Morgan fingerprint density at radius 1 is 1.50 bits per heavy atom. The van der Waals surface area contributed by atoms with E-state index < -0.39 is 0 Å². The highest BCUT2D eigenvalue weighted by Gasteiger charge is 2.16. The maximum Gasteiger partial charge on any atom is 0.101 e. The summed E-state index contributed by atoms with van der Waals surface area (Å²) in [6.07, 6.45) is 0.996. The highest BCUT2D eigenvalue weighted by atomic mass is 16.7. The topological polar surface area (TPSA) is 62.3 Å². The molecule has 1 aliphatic heterocycles. The molecule has 1 aromatic carbocycles. The van der Waals surface area contributed by atoms with Gasteiger partial charge in [-0.1, -0.05) is 6.07 Å². The zero-order valence-corrected chi connectivity index (χ0v) is 7.73. The molecular weight excluding hydrogens is 178 g/mol. The molecular formula is C10H11N3O. The molecule has 0 spiro atoms. The van der Waals surface area contributed by atoms with Crippen LogP contribution in [0.4, 0.5) is 11.4 Å². The van der Waals surface area contributed by atoms with Crippen LogP contribution in [-0.4, -0.2) is 13.2 Å². The second-order valence-electron chi connectivity index (χ2n) is 3.14. The van der Waals surface area contributed by atoms with Gasteiger partial charge in [0.1, 0.15) is 6.07 Å². The molecule has 14 heavy (non-hydrogen) atoms. The fourth-order valence-corrected chi connectivity index (χ4v) is 1.51. The van der Waals surface area contributed by atoms with Crippen molar-refractivity contribution in [3.8, 4) is 6.07 Å². The lowest BCUT2D eigenvalue weighted by Crippen LogP contribution is -2.17. The number of hydrogen-bond acceptors (Lipinski definition) is 4. The lowest BCUT2D eigenvalue weighted by Gasteiger charge is -2.18. The van der Waals surface area contributed by atoms with E-state index in [2.05, 4.69) is 6.07 Å². The quantitative estimate of drug-likeness (QED) is 0.676. The maximum absolute atomic E-state index is 8.80. The minimum atomic E-state index is 0.497. The Labute approximate surface area is 82.4 Å². The third-order valence-electron chi connectivity index (χ3n) is 2.22. The Bertz CT molecular complexity index is 377. The summed E-state index contributed by atoms with van der Waals surface area (Å²) >= 11 is 0. The van der Waals surface area contributed by atoms with Crippen LogP contribution in [0.15, 0.2) is 18.2 Å². The molecule has 0 bridgehead atoms. The number of nitriles is 1. The molecule has 0 atom stereocenters. The Kier molecular flexibility index (Phi) is 2.25. The average Bonchev–Trinajstić information content (AvgIpc) is 2.71. The van der Waals surface area contributed by atoms with Gasteiger partial charge < -0.3 is 5.73 Å². The Balaban J connectivity index is 2.38. The number of para-hydroxylation sites is 1. The molecule has 1 saturated heterocycles. The van der Waals surface area contributed by atoms with Crippen molar-refractivity contribution in [2.45, 2.75) is 6.42 Å². The van der Waals surface area contributed by atoms with Crippen LogP contribution in [-0.2, 0) is 4.84 Å². The second kappa shape index (κ2) is 3.56. The first-order chi connectivity index (χ1) is 6.83. The largest absolute Gasteiger partial charge is 0.396 e. The number of nitrogens with zero attached hydrogens (tertiary/aromatic N) is 2. The third kappa shape index (κ3) is 1.38. The van der Waals surface area contributed by atoms with E-state index in [1.807, 2.05) is 12.1 Å². The van der Waals surface area contributed by atoms with Crippen molar-refractivity contribution >= 4 is 11.4 Å². The molecule has 4 heteroatoms. The summed E-state index contributed by atoms with van der Waals surface area (Å²) in [4.78, 5) is 5.36. The van der Waals surface area contributed by atoms with Gasteiger partial charge >= 0.3 is 0 Å². The summed E-state index contributed by atoms with van der Waals surface area (Å²) < 4.78 is 0. The molecule has 1 fully saturated rings. The molecule has 1 aromatic rings. The SMILES string of the molecule is N#Cc1cccc(N2CCCO2)c1N. The molecule has 4 nitrogen and oxygen atoms in total. The fourth-order valence-electron chi connectivity index (χ4n) is 1.51. The first-order valence-electron chi connectivity index (χ1n) is 4.52. The van der Waals surface area contributed by atoms with E-state index in [0.717, 1.165) is 25.3 Å². The summed E-state index contributed by atoms with van der Waals surface area (Å²) in [6, 6.07) is 7.43. The van der Waals surface area contributed by atoms with Gasteiger partial charge in [0, 0.05) is 6.54 Å². The van der Waals surface area contributed by atoms with Crippen LogP contribution >= 0.6 is 0 Å². The summed E-state index contributed by atoms with van der Waals surface area (Å²) in [5.74, 6) is 0. The number of hydrogen-bond donors (Lipinski definition) is 1. The van der Waals surface area contributed by atoms with Crippen molar-refractivity contribution in [1.82, 2.24) is 0 Å². The first kappa shape index (κ1) is 8.85. The molecule has 0 aromatic heterocycles. The lowest BCUT2D eigenvalue weighted by molar-refractivity contribution is 0.168. The molecule has 2 rings (SSSR count). The molecule has 2 N–H and O–H groups in total. The summed E-state index contributed by atoms with van der Waals surface area (Å²) in [6.45, 7) is 1.55. The Hall–Kier alpha value is -1.73. The number of nitrogen functional groups attached to an aromatic ring is 1. The van der Waals surface area contributed by atoms with Gasteiger partial charge in [0.15, 0.2) is 0 Å². The van der Waals surface area contributed by atoms with Gasteiger partial charge in [-0.3, -0.25) is 9.90 Å². The van der Waals surface area contributed by atoms with E-state index in [1.54, 1.807) is 11.1 Å². The van der Waals surface area contributed by atoms with Gasteiger partial charge in [-0.25, -0.2) is 0 Å². The van der Waals surface area contributed by atoms with Crippen LogP contribution in [0, 0.1) is 11.3 Å². The minimum absolute atomic E-state index is 0.497. The van der Waals surface area contributed by atoms with Crippen molar-refractivity contribution < 1.29 is 4.84 Å². The highest BCUT2D eigenvalue weighted by Crippen LogP contribution is 2.28. The molecule has 1 heterocycles. The Morgan fingerprint density at radius 2 is 2.36 bits per heavy atom.